The number of carbonyl (C=O) groups is 1. The lowest BCUT2D eigenvalue weighted by molar-refractivity contribution is -0.150. The van der Waals surface area contributed by atoms with E-state index in [1.165, 1.54) is 0 Å². The van der Waals surface area contributed by atoms with Crippen LogP contribution in [0, 0.1) is 0 Å². The molecule has 0 amide bonds. The quantitative estimate of drug-likeness (QED) is 0.639. The zero-order valence-corrected chi connectivity index (χ0v) is 8.70. The van der Waals surface area contributed by atoms with Crippen LogP contribution in [0.5, 0.6) is 0 Å². The van der Waals surface area contributed by atoms with Gasteiger partial charge in [-0.1, -0.05) is 0 Å². The summed E-state index contributed by atoms with van der Waals surface area (Å²) >= 11 is 0. The fourth-order valence-electron chi connectivity index (χ4n) is 1.39. The van der Waals surface area contributed by atoms with E-state index in [0.717, 1.165) is 6.42 Å². The Balaban J connectivity index is 2.42. The Morgan fingerprint density at radius 2 is 2.23 bits per heavy atom. The van der Waals surface area contributed by atoms with Gasteiger partial charge in [-0.2, -0.15) is 0 Å². The molecule has 4 nitrogen and oxygen atoms in total. The average molecular weight is 186 g/mol. The molecule has 1 fully saturated rings. The van der Waals surface area contributed by atoms with Gasteiger partial charge in [0.2, 0.25) is 0 Å². The monoisotopic (exact) mass is 186 g/mol. The minimum Gasteiger partial charge on any atom is -0.462 e. The van der Waals surface area contributed by atoms with Crippen LogP contribution in [0.1, 0.15) is 27.2 Å². The van der Waals surface area contributed by atoms with Crippen molar-refractivity contribution in [2.45, 2.75) is 45.4 Å². The van der Waals surface area contributed by atoms with Crippen LogP contribution in [0.2, 0.25) is 0 Å². The van der Waals surface area contributed by atoms with Crippen molar-refractivity contribution in [3.63, 3.8) is 0 Å². The van der Waals surface area contributed by atoms with E-state index in [0.29, 0.717) is 6.04 Å². The van der Waals surface area contributed by atoms with Crippen LogP contribution in [-0.2, 0) is 9.53 Å². The van der Waals surface area contributed by atoms with Crippen LogP contribution < -0.4 is 5.43 Å². The molecule has 0 spiro atoms. The topological polar surface area (TPSA) is 41.6 Å². The van der Waals surface area contributed by atoms with Gasteiger partial charge in [0.05, 0.1) is 6.10 Å². The summed E-state index contributed by atoms with van der Waals surface area (Å²) in [6.45, 7) is 5.80. The standard InChI is InChI=1S/C9H18N2O2/c1-6(2)13-9(12)8-5-7(3)11(4)10-8/h6-8,10H,5H2,1-4H3. The number of nitrogens with zero attached hydrogens (tertiary/aromatic N) is 1. The highest BCUT2D eigenvalue weighted by molar-refractivity contribution is 5.76. The first-order chi connectivity index (χ1) is 6.00. The molecule has 0 saturated carbocycles. The van der Waals surface area contributed by atoms with Crippen LogP contribution in [0.3, 0.4) is 0 Å². The summed E-state index contributed by atoms with van der Waals surface area (Å²) in [5, 5.41) is 1.95. The van der Waals surface area contributed by atoms with Crippen LogP contribution in [0.15, 0.2) is 0 Å². The van der Waals surface area contributed by atoms with Gasteiger partial charge in [0.1, 0.15) is 6.04 Å². The predicted octanol–water partition coefficient (Wildman–Crippen LogP) is 0.535. The van der Waals surface area contributed by atoms with Crippen LogP contribution in [0.4, 0.5) is 0 Å². The van der Waals surface area contributed by atoms with Gasteiger partial charge in [0, 0.05) is 13.1 Å². The van der Waals surface area contributed by atoms with Gasteiger partial charge in [-0.25, -0.2) is 10.4 Å². The summed E-state index contributed by atoms with van der Waals surface area (Å²) in [4.78, 5) is 11.4. The minimum absolute atomic E-state index is 0.0319. The summed E-state index contributed by atoms with van der Waals surface area (Å²) in [5.41, 5.74) is 3.07. The number of rotatable bonds is 2. The first-order valence-electron chi connectivity index (χ1n) is 4.70. The van der Waals surface area contributed by atoms with Crippen molar-refractivity contribution in [3.8, 4) is 0 Å². The van der Waals surface area contributed by atoms with E-state index in [-0.39, 0.29) is 18.1 Å². The number of esters is 1. The Labute approximate surface area is 79.2 Å². The van der Waals surface area contributed by atoms with E-state index in [1.807, 2.05) is 25.9 Å². The molecule has 0 aromatic carbocycles. The highest BCUT2D eigenvalue weighted by Crippen LogP contribution is 2.13. The van der Waals surface area contributed by atoms with Crippen LogP contribution >= 0.6 is 0 Å². The molecule has 13 heavy (non-hydrogen) atoms. The van der Waals surface area contributed by atoms with Crippen molar-refractivity contribution < 1.29 is 9.53 Å². The number of hydrogen-bond acceptors (Lipinski definition) is 4. The molecule has 0 aromatic rings. The summed E-state index contributed by atoms with van der Waals surface area (Å²) in [5.74, 6) is -0.147. The van der Waals surface area contributed by atoms with Crippen molar-refractivity contribution in [2.75, 3.05) is 7.05 Å². The van der Waals surface area contributed by atoms with E-state index >= 15 is 0 Å². The molecule has 4 heteroatoms. The zero-order chi connectivity index (χ0) is 10.0. The van der Waals surface area contributed by atoms with Crippen LogP contribution in [0.25, 0.3) is 0 Å². The summed E-state index contributed by atoms with van der Waals surface area (Å²) in [6.07, 6.45) is 0.790. The molecule has 2 atom stereocenters. The van der Waals surface area contributed by atoms with Gasteiger partial charge in [0.15, 0.2) is 0 Å². The number of hydrogen-bond donors (Lipinski definition) is 1. The van der Waals surface area contributed by atoms with E-state index < -0.39 is 0 Å². The lowest BCUT2D eigenvalue weighted by Crippen LogP contribution is -2.39. The second-order valence-corrected chi connectivity index (χ2v) is 3.86. The lowest BCUT2D eigenvalue weighted by Gasteiger charge is -2.15. The van der Waals surface area contributed by atoms with Crippen molar-refractivity contribution in [1.29, 1.82) is 0 Å². The van der Waals surface area contributed by atoms with Crippen molar-refractivity contribution in [1.82, 2.24) is 10.4 Å². The first-order valence-corrected chi connectivity index (χ1v) is 4.70. The van der Waals surface area contributed by atoms with Crippen molar-refractivity contribution >= 4 is 5.97 Å². The third-order valence-corrected chi connectivity index (χ3v) is 2.23. The maximum atomic E-state index is 11.4. The van der Waals surface area contributed by atoms with E-state index in [4.69, 9.17) is 4.74 Å². The molecule has 0 aromatic heterocycles. The molecule has 1 N–H and O–H groups in total. The highest BCUT2D eigenvalue weighted by Gasteiger charge is 2.32. The van der Waals surface area contributed by atoms with E-state index in [1.54, 1.807) is 0 Å². The Hall–Kier alpha value is -0.610. The molecule has 1 rings (SSSR count). The zero-order valence-electron chi connectivity index (χ0n) is 8.70. The van der Waals surface area contributed by atoms with Crippen molar-refractivity contribution in [2.24, 2.45) is 0 Å². The summed E-state index contributed by atoms with van der Waals surface area (Å²) in [7, 11) is 1.94. The number of nitrogens with one attached hydrogen (secondary N) is 1. The summed E-state index contributed by atoms with van der Waals surface area (Å²) in [6, 6.07) is 0.229. The highest BCUT2D eigenvalue weighted by atomic mass is 16.5. The third-order valence-electron chi connectivity index (χ3n) is 2.23. The smallest absolute Gasteiger partial charge is 0.324 e. The molecule has 1 aliphatic rings. The molecule has 2 unspecified atom stereocenters. The first kappa shape index (κ1) is 10.5. The van der Waals surface area contributed by atoms with Gasteiger partial charge < -0.3 is 4.74 Å². The second-order valence-electron chi connectivity index (χ2n) is 3.86. The number of ether oxygens (including phenoxy) is 1. The molecular weight excluding hydrogens is 168 g/mol. The second kappa shape index (κ2) is 4.07. The Bertz CT molecular complexity index is 184. The third kappa shape index (κ3) is 2.67. The van der Waals surface area contributed by atoms with Crippen LogP contribution in [-0.4, -0.2) is 36.2 Å². The molecule has 76 valence electrons. The largest absolute Gasteiger partial charge is 0.462 e. The van der Waals surface area contributed by atoms with Gasteiger partial charge in [0.25, 0.3) is 0 Å². The molecule has 1 aliphatic heterocycles. The lowest BCUT2D eigenvalue weighted by atomic mass is 10.1. The molecule has 1 heterocycles. The Morgan fingerprint density at radius 1 is 1.62 bits per heavy atom. The normalized spacial score (nSPS) is 29.6. The Kier molecular flexibility index (Phi) is 3.27. The molecule has 1 saturated heterocycles. The fourth-order valence-corrected chi connectivity index (χ4v) is 1.39. The SMILES string of the molecule is CC(C)OC(=O)C1CC(C)N(C)N1. The molecule has 0 aliphatic carbocycles. The maximum absolute atomic E-state index is 11.4. The van der Waals surface area contributed by atoms with Gasteiger partial charge >= 0.3 is 5.97 Å². The van der Waals surface area contributed by atoms with E-state index in [2.05, 4.69) is 12.3 Å². The fraction of sp³-hybridized carbons (Fsp3) is 0.889. The molecular formula is C9H18N2O2. The predicted molar refractivity (Wildman–Crippen MR) is 50.0 cm³/mol. The summed E-state index contributed by atoms with van der Waals surface area (Å²) < 4.78 is 5.10. The molecule has 0 bridgehead atoms. The number of hydrazine groups is 1. The van der Waals surface area contributed by atoms with E-state index in [9.17, 15) is 4.79 Å². The van der Waals surface area contributed by atoms with Gasteiger partial charge in [-0.05, 0) is 27.2 Å². The Morgan fingerprint density at radius 3 is 2.62 bits per heavy atom. The minimum atomic E-state index is -0.164. The van der Waals surface area contributed by atoms with Gasteiger partial charge in [-0.15, -0.1) is 0 Å². The number of carbonyl (C=O) groups excluding carboxylic acids is 1. The van der Waals surface area contributed by atoms with Crippen molar-refractivity contribution in [3.05, 3.63) is 0 Å². The molecule has 0 radical (unpaired) electrons. The average Bonchev–Trinajstić information content (AvgIpc) is 2.31. The van der Waals surface area contributed by atoms with Gasteiger partial charge in [-0.3, -0.25) is 4.79 Å². The maximum Gasteiger partial charge on any atom is 0.324 e.